The molecule has 0 aromatic heterocycles. The number of carbonyl (C=O) groups is 3. The summed E-state index contributed by atoms with van der Waals surface area (Å²) in [4.78, 5) is 33.7. The summed E-state index contributed by atoms with van der Waals surface area (Å²) in [5.74, 6) is -1.84. The molecule has 1 saturated heterocycles. The summed E-state index contributed by atoms with van der Waals surface area (Å²) in [7, 11) is -4.33. The molecule has 10 heteroatoms. The summed E-state index contributed by atoms with van der Waals surface area (Å²) >= 11 is 0. The third-order valence-corrected chi connectivity index (χ3v) is 3.83. The lowest BCUT2D eigenvalue weighted by Gasteiger charge is -2.10. The molecule has 1 unspecified atom stereocenters. The lowest BCUT2D eigenvalue weighted by molar-refractivity contribution is -0.155. The Labute approximate surface area is 131 Å². The number of hydrogen-bond acceptors (Lipinski definition) is 7. The third kappa shape index (κ3) is 4.76. The van der Waals surface area contributed by atoms with Crippen LogP contribution in [0.15, 0.2) is 29.2 Å². The minimum absolute atomic E-state index is 0.0209. The van der Waals surface area contributed by atoms with Crippen molar-refractivity contribution in [1.29, 1.82) is 0 Å². The van der Waals surface area contributed by atoms with Crippen LogP contribution in [0.25, 0.3) is 0 Å². The molecular formula is C13H13NO8S. The SMILES string of the molecule is O=C1CCC(C(=O)OCC(=O)Oc2ccc(S(=O)(=O)O)cc2)N1. The van der Waals surface area contributed by atoms with E-state index in [9.17, 15) is 22.8 Å². The molecule has 1 aromatic carbocycles. The molecule has 23 heavy (non-hydrogen) atoms. The van der Waals surface area contributed by atoms with Gasteiger partial charge in [0.15, 0.2) is 6.61 Å². The zero-order chi connectivity index (χ0) is 17.0. The smallest absolute Gasteiger partial charge is 0.349 e. The van der Waals surface area contributed by atoms with E-state index in [2.05, 4.69) is 5.32 Å². The molecule has 1 heterocycles. The number of carbonyl (C=O) groups excluding carboxylic acids is 3. The van der Waals surface area contributed by atoms with E-state index < -0.39 is 34.7 Å². The Kier molecular flexibility index (Phi) is 4.96. The first-order valence-corrected chi connectivity index (χ1v) is 7.94. The minimum Gasteiger partial charge on any atom is -0.452 e. The van der Waals surface area contributed by atoms with Gasteiger partial charge < -0.3 is 14.8 Å². The van der Waals surface area contributed by atoms with Crippen molar-refractivity contribution >= 4 is 28.0 Å². The monoisotopic (exact) mass is 343 g/mol. The highest BCUT2D eigenvalue weighted by molar-refractivity contribution is 7.85. The fraction of sp³-hybridized carbons (Fsp3) is 0.308. The van der Waals surface area contributed by atoms with Gasteiger partial charge >= 0.3 is 11.9 Å². The standard InChI is InChI=1S/C13H13NO8S/c15-11-6-5-10(14-11)13(17)21-7-12(16)22-8-1-3-9(4-2-8)23(18,19)20/h1-4,10H,5-7H2,(H,14,15)(H,18,19,20). The predicted octanol–water partition coefficient (Wildman–Crippen LogP) is -0.339. The molecule has 1 amide bonds. The number of amides is 1. The molecule has 0 radical (unpaired) electrons. The summed E-state index contributed by atoms with van der Waals surface area (Å²) in [6.45, 7) is -0.648. The molecule has 1 aliphatic rings. The van der Waals surface area contributed by atoms with E-state index in [4.69, 9.17) is 14.0 Å². The Morgan fingerprint density at radius 1 is 1.26 bits per heavy atom. The van der Waals surface area contributed by atoms with E-state index in [-0.39, 0.29) is 23.0 Å². The summed E-state index contributed by atoms with van der Waals surface area (Å²) in [5.41, 5.74) is 0. The normalized spacial score (nSPS) is 17.4. The Hall–Kier alpha value is -2.46. The first-order valence-electron chi connectivity index (χ1n) is 6.50. The second-order valence-electron chi connectivity index (χ2n) is 4.69. The van der Waals surface area contributed by atoms with Gasteiger partial charge in [-0.25, -0.2) is 9.59 Å². The van der Waals surface area contributed by atoms with Crippen molar-refractivity contribution in [2.75, 3.05) is 6.61 Å². The van der Waals surface area contributed by atoms with Gasteiger partial charge in [0.05, 0.1) is 4.90 Å². The van der Waals surface area contributed by atoms with Gasteiger partial charge in [-0.05, 0) is 30.7 Å². The van der Waals surface area contributed by atoms with E-state index in [0.717, 1.165) is 12.1 Å². The second kappa shape index (κ2) is 6.75. The first-order chi connectivity index (χ1) is 10.8. The molecule has 0 bridgehead atoms. The highest BCUT2D eigenvalue weighted by Crippen LogP contribution is 2.16. The van der Waals surface area contributed by atoms with Crippen molar-refractivity contribution < 1.29 is 36.8 Å². The van der Waals surface area contributed by atoms with Crippen molar-refractivity contribution in [2.45, 2.75) is 23.8 Å². The zero-order valence-electron chi connectivity index (χ0n) is 11.7. The summed E-state index contributed by atoms with van der Waals surface area (Å²) in [5, 5.41) is 2.40. The molecule has 9 nitrogen and oxygen atoms in total. The molecule has 2 rings (SSSR count). The molecule has 1 aliphatic heterocycles. The van der Waals surface area contributed by atoms with Crippen molar-refractivity contribution in [3.05, 3.63) is 24.3 Å². The summed E-state index contributed by atoms with van der Waals surface area (Å²) < 4.78 is 40.1. The molecule has 124 valence electrons. The van der Waals surface area contributed by atoms with Crippen LogP contribution in [0.2, 0.25) is 0 Å². The van der Waals surface area contributed by atoms with Gasteiger partial charge in [-0.1, -0.05) is 0 Å². The molecule has 0 saturated carbocycles. The second-order valence-corrected chi connectivity index (χ2v) is 6.11. The molecule has 0 aliphatic carbocycles. The van der Waals surface area contributed by atoms with Crippen molar-refractivity contribution in [3.8, 4) is 5.75 Å². The average molecular weight is 343 g/mol. The number of nitrogens with one attached hydrogen (secondary N) is 1. The van der Waals surface area contributed by atoms with Gasteiger partial charge in [-0.3, -0.25) is 9.35 Å². The average Bonchev–Trinajstić information content (AvgIpc) is 2.91. The maximum Gasteiger partial charge on any atom is 0.349 e. The molecule has 1 atom stereocenters. The number of rotatable bonds is 5. The minimum atomic E-state index is -4.33. The van der Waals surface area contributed by atoms with Crippen LogP contribution in [-0.4, -0.2) is 43.5 Å². The van der Waals surface area contributed by atoms with Crippen molar-refractivity contribution in [3.63, 3.8) is 0 Å². The van der Waals surface area contributed by atoms with Crippen molar-refractivity contribution in [2.24, 2.45) is 0 Å². The quantitative estimate of drug-likeness (QED) is 0.421. The Morgan fingerprint density at radius 3 is 2.43 bits per heavy atom. The van der Waals surface area contributed by atoms with E-state index in [1.54, 1.807) is 0 Å². The Bertz CT molecular complexity index is 725. The Balaban J connectivity index is 1.83. The zero-order valence-corrected chi connectivity index (χ0v) is 12.5. The third-order valence-electron chi connectivity index (χ3n) is 2.97. The lowest BCUT2D eigenvalue weighted by atomic mass is 10.2. The van der Waals surface area contributed by atoms with Crippen LogP contribution in [0.5, 0.6) is 5.75 Å². The number of hydrogen-bond donors (Lipinski definition) is 2. The van der Waals surface area contributed by atoms with Crippen LogP contribution in [-0.2, 0) is 29.2 Å². The fourth-order valence-electron chi connectivity index (χ4n) is 1.86. The van der Waals surface area contributed by atoms with E-state index in [0.29, 0.717) is 6.42 Å². The van der Waals surface area contributed by atoms with Crippen LogP contribution >= 0.6 is 0 Å². The summed E-state index contributed by atoms with van der Waals surface area (Å²) in [6.07, 6.45) is 0.536. The van der Waals surface area contributed by atoms with Crippen LogP contribution in [0.1, 0.15) is 12.8 Å². The molecule has 1 aromatic rings. The van der Waals surface area contributed by atoms with Crippen molar-refractivity contribution in [1.82, 2.24) is 5.32 Å². The fourth-order valence-corrected chi connectivity index (χ4v) is 2.34. The van der Waals surface area contributed by atoms with Gasteiger partial charge in [0, 0.05) is 6.42 Å². The summed E-state index contributed by atoms with van der Waals surface area (Å²) in [6, 6.07) is 3.68. The molecular weight excluding hydrogens is 330 g/mol. The van der Waals surface area contributed by atoms with Crippen LogP contribution < -0.4 is 10.1 Å². The van der Waals surface area contributed by atoms with E-state index in [1.165, 1.54) is 12.1 Å². The van der Waals surface area contributed by atoms with Gasteiger partial charge in [0.25, 0.3) is 10.1 Å². The number of esters is 2. The van der Waals surface area contributed by atoms with Crippen LogP contribution in [0.3, 0.4) is 0 Å². The maximum atomic E-state index is 11.6. The maximum absolute atomic E-state index is 11.6. The predicted molar refractivity (Wildman–Crippen MR) is 74.0 cm³/mol. The topological polar surface area (TPSA) is 136 Å². The molecule has 2 N–H and O–H groups in total. The number of ether oxygens (including phenoxy) is 2. The number of benzene rings is 1. The van der Waals surface area contributed by atoms with Gasteiger partial charge in [0.1, 0.15) is 11.8 Å². The van der Waals surface area contributed by atoms with Gasteiger partial charge in [0.2, 0.25) is 5.91 Å². The largest absolute Gasteiger partial charge is 0.452 e. The van der Waals surface area contributed by atoms with Gasteiger partial charge in [-0.15, -0.1) is 0 Å². The molecule has 0 spiro atoms. The van der Waals surface area contributed by atoms with Crippen LogP contribution in [0, 0.1) is 0 Å². The lowest BCUT2D eigenvalue weighted by Crippen LogP contribution is -2.35. The Morgan fingerprint density at radius 2 is 1.91 bits per heavy atom. The first kappa shape index (κ1) is 16.9. The van der Waals surface area contributed by atoms with E-state index >= 15 is 0 Å². The van der Waals surface area contributed by atoms with Gasteiger partial charge in [-0.2, -0.15) is 8.42 Å². The van der Waals surface area contributed by atoms with E-state index in [1.807, 2.05) is 0 Å². The highest BCUT2D eigenvalue weighted by atomic mass is 32.2. The molecule has 1 fully saturated rings. The highest BCUT2D eigenvalue weighted by Gasteiger charge is 2.29. The van der Waals surface area contributed by atoms with Crippen LogP contribution in [0.4, 0.5) is 0 Å².